The number of nitrogens with one attached hydrogen (secondary N) is 1. The van der Waals surface area contributed by atoms with Crippen LogP contribution >= 0.6 is 27.3 Å². The number of anilines is 1. The number of nitrogens with zero attached hydrogens (tertiary/aromatic N) is 2. The molecule has 1 aliphatic carbocycles. The maximum atomic E-state index is 4.11. The van der Waals surface area contributed by atoms with Crippen molar-refractivity contribution < 1.29 is 0 Å². The Morgan fingerprint density at radius 3 is 2.69 bits per heavy atom. The van der Waals surface area contributed by atoms with E-state index in [1.165, 1.54) is 25.7 Å². The lowest BCUT2D eigenvalue weighted by Crippen LogP contribution is -2.35. The third-order valence-electron chi connectivity index (χ3n) is 3.38. The highest BCUT2D eigenvalue weighted by Crippen LogP contribution is 2.33. The van der Waals surface area contributed by atoms with Crippen molar-refractivity contribution in [1.29, 1.82) is 0 Å². The van der Waals surface area contributed by atoms with Gasteiger partial charge in [-0.15, -0.1) is 10.2 Å². The molecule has 90 valence electrons. The van der Waals surface area contributed by atoms with E-state index in [4.69, 9.17) is 0 Å². The van der Waals surface area contributed by atoms with Crippen LogP contribution in [-0.2, 0) is 0 Å². The molecule has 0 spiro atoms. The lowest BCUT2D eigenvalue weighted by atomic mass is 9.78. The zero-order chi connectivity index (χ0) is 11.5. The Morgan fingerprint density at radius 1 is 1.31 bits per heavy atom. The van der Waals surface area contributed by atoms with E-state index in [9.17, 15) is 0 Å². The van der Waals surface area contributed by atoms with Gasteiger partial charge in [-0.1, -0.05) is 38.0 Å². The van der Waals surface area contributed by atoms with Crippen molar-refractivity contribution in [2.24, 2.45) is 11.8 Å². The minimum Gasteiger partial charge on any atom is -0.357 e. The monoisotopic (exact) mass is 303 g/mol. The highest BCUT2D eigenvalue weighted by atomic mass is 79.9. The first-order chi connectivity index (χ1) is 7.66. The van der Waals surface area contributed by atoms with Gasteiger partial charge in [0.25, 0.3) is 0 Å². The normalized spacial score (nSPS) is 26.0. The van der Waals surface area contributed by atoms with Gasteiger partial charge in [-0.3, -0.25) is 0 Å². The Hall–Kier alpha value is -0.160. The quantitative estimate of drug-likeness (QED) is 0.919. The summed E-state index contributed by atoms with van der Waals surface area (Å²) in [7, 11) is 0. The fourth-order valence-corrected chi connectivity index (χ4v) is 3.63. The molecule has 0 aliphatic heterocycles. The average Bonchev–Trinajstić information content (AvgIpc) is 2.64. The molecule has 0 saturated heterocycles. The zero-order valence-corrected chi connectivity index (χ0v) is 12.1. The second-order valence-corrected chi connectivity index (χ2v) is 7.06. The Labute approximate surface area is 109 Å². The lowest BCUT2D eigenvalue weighted by molar-refractivity contribution is 0.253. The van der Waals surface area contributed by atoms with E-state index in [2.05, 4.69) is 45.3 Å². The summed E-state index contributed by atoms with van der Waals surface area (Å²) < 4.78 is 0.854. The first-order valence-electron chi connectivity index (χ1n) is 5.92. The molecule has 0 radical (unpaired) electrons. The van der Waals surface area contributed by atoms with Crippen LogP contribution in [0.4, 0.5) is 5.13 Å². The minimum absolute atomic E-state index is 0.577. The molecule has 16 heavy (non-hydrogen) atoms. The molecule has 2 atom stereocenters. The molecule has 2 rings (SSSR count). The number of rotatable bonds is 3. The largest absolute Gasteiger partial charge is 0.357 e. The number of aromatic nitrogens is 2. The highest BCUT2D eigenvalue weighted by Gasteiger charge is 2.27. The van der Waals surface area contributed by atoms with Gasteiger partial charge < -0.3 is 5.32 Å². The summed E-state index contributed by atoms with van der Waals surface area (Å²) in [5, 5.41) is 12.6. The SMILES string of the molecule is CC(C)C1CCCCC1Nc1nnc(Br)s1. The molecular formula is C11H18BrN3S. The van der Waals surface area contributed by atoms with Crippen LogP contribution in [0.2, 0.25) is 0 Å². The minimum atomic E-state index is 0.577. The molecule has 0 amide bonds. The van der Waals surface area contributed by atoms with Crippen LogP contribution in [0.3, 0.4) is 0 Å². The Balaban J connectivity index is 2.01. The van der Waals surface area contributed by atoms with Crippen LogP contribution in [0.25, 0.3) is 0 Å². The van der Waals surface area contributed by atoms with Gasteiger partial charge in [-0.25, -0.2) is 0 Å². The highest BCUT2D eigenvalue weighted by molar-refractivity contribution is 9.11. The smallest absolute Gasteiger partial charge is 0.206 e. The van der Waals surface area contributed by atoms with Crippen LogP contribution in [0.5, 0.6) is 0 Å². The Morgan fingerprint density at radius 2 is 2.06 bits per heavy atom. The molecule has 1 fully saturated rings. The molecule has 1 heterocycles. The summed E-state index contributed by atoms with van der Waals surface area (Å²) in [6, 6.07) is 0.577. The summed E-state index contributed by atoms with van der Waals surface area (Å²) >= 11 is 4.92. The van der Waals surface area contributed by atoms with E-state index in [0.717, 1.165) is 20.9 Å². The predicted molar refractivity (Wildman–Crippen MR) is 71.8 cm³/mol. The number of hydrogen-bond donors (Lipinski definition) is 1. The van der Waals surface area contributed by atoms with Gasteiger partial charge in [0.2, 0.25) is 5.13 Å². The molecule has 0 bridgehead atoms. The van der Waals surface area contributed by atoms with E-state index in [1.807, 2.05) is 0 Å². The summed E-state index contributed by atoms with van der Waals surface area (Å²) in [6.45, 7) is 4.64. The van der Waals surface area contributed by atoms with Gasteiger partial charge in [0, 0.05) is 6.04 Å². The molecular weight excluding hydrogens is 286 g/mol. The van der Waals surface area contributed by atoms with Crippen LogP contribution in [0.15, 0.2) is 3.92 Å². The van der Waals surface area contributed by atoms with Crippen molar-refractivity contribution in [1.82, 2.24) is 10.2 Å². The van der Waals surface area contributed by atoms with E-state index in [1.54, 1.807) is 11.3 Å². The second kappa shape index (κ2) is 5.45. The third kappa shape index (κ3) is 2.94. The first kappa shape index (κ1) is 12.3. The molecule has 3 nitrogen and oxygen atoms in total. The molecule has 1 N–H and O–H groups in total. The van der Waals surface area contributed by atoms with E-state index >= 15 is 0 Å². The van der Waals surface area contributed by atoms with Crippen LogP contribution in [0, 0.1) is 11.8 Å². The summed E-state index contributed by atoms with van der Waals surface area (Å²) in [4.78, 5) is 0. The predicted octanol–water partition coefficient (Wildman–Crippen LogP) is 3.93. The van der Waals surface area contributed by atoms with Gasteiger partial charge >= 0.3 is 0 Å². The van der Waals surface area contributed by atoms with Gasteiger partial charge in [0.15, 0.2) is 3.92 Å². The van der Waals surface area contributed by atoms with Crippen molar-refractivity contribution >= 4 is 32.4 Å². The maximum absolute atomic E-state index is 4.11. The van der Waals surface area contributed by atoms with Crippen molar-refractivity contribution in [3.05, 3.63) is 3.92 Å². The van der Waals surface area contributed by atoms with E-state index in [-0.39, 0.29) is 0 Å². The maximum Gasteiger partial charge on any atom is 0.206 e. The van der Waals surface area contributed by atoms with Crippen molar-refractivity contribution in [2.75, 3.05) is 5.32 Å². The first-order valence-corrected chi connectivity index (χ1v) is 7.53. The lowest BCUT2D eigenvalue weighted by Gasteiger charge is -2.34. The average molecular weight is 304 g/mol. The fraction of sp³-hybridized carbons (Fsp3) is 0.818. The van der Waals surface area contributed by atoms with Crippen molar-refractivity contribution in [3.8, 4) is 0 Å². The molecule has 1 aliphatic rings. The van der Waals surface area contributed by atoms with Gasteiger partial charge in [0.05, 0.1) is 0 Å². The molecule has 0 aromatic carbocycles. The van der Waals surface area contributed by atoms with Crippen LogP contribution in [-0.4, -0.2) is 16.2 Å². The fourth-order valence-electron chi connectivity index (χ4n) is 2.56. The summed E-state index contributed by atoms with van der Waals surface area (Å²) in [5.74, 6) is 1.52. The molecule has 1 aromatic rings. The molecule has 2 unspecified atom stereocenters. The van der Waals surface area contributed by atoms with Gasteiger partial charge in [-0.05, 0) is 40.6 Å². The second-order valence-electron chi connectivity index (χ2n) is 4.80. The number of hydrogen-bond acceptors (Lipinski definition) is 4. The van der Waals surface area contributed by atoms with Crippen LogP contribution in [0.1, 0.15) is 39.5 Å². The topological polar surface area (TPSA) is 37.8 Å². The van der Waals surface area contributed by atoms with E-state index < -0.39 is 0 Å². The van der Waals surface area contributed by atoms with Gasteiger partial charge in [0.1, 0.15) is 0 Å². The van der Waals surface area contributed by atoms with Crippen LogP contribution < -0.4 is 5.32 Å². The van der Waals surface area contributed by atoms with Crippen molar-refractivity contribution in [3.63, 3.8) is 0 Å². The van der Waals surface area contributed by atoms with E-state index in [0.29, 0.717) is 6.04 Å². The zero-order valence-electron chi connectivity index (χ0n) is 9.74. The summed E-state index contributed by atoms with van der Waals surface area (Å²) in [6.07, 6.45) is 5.32. The number of halogens is 1. The molecule has 5 heteroatoms. The molecule has 1 aromatic heterocycles. The summed E-state index contributed by atoms with van der Waals surface area (Å²) in [5.41, 5.74) is 0. The van der Waals surface area contributed by atoms with Crippen molar-refractivity contribution in [2.45, 2.75) is 45.6 Å². The third-order valence-corrected chi connectivity index (χ3v) is 4.67. The molecule has 1 saturated carbocycles. The van der Waals surface area contributed by atoms with Gasteiger partial charge in [-0.2, -0.15) is 0 Å². The Bertz CT molecular complexity index is 340. The Kier molecular flexibility index (Phi) is 4.19. The standard InChI is InChI=1S/C11H18BrN3S/c1-7(2)8-5-3-4-6-9(8)13-11-15-14-10(12)16-11/h7-9H,3-6H2,1-2H3,(H,13,15).